The fourth-order valence-electron chi connectivity index (χ4n) is 3.19. The molecule has 0 aliphatic carbocycles. The number of hydrogen-bond acceptors (Lipinski definition) is 7. The summed E-state index contributed by atoms with van der Waals surface area (Å²) >= 11 is 5.09. The van der Waals surface area contributed by atoms with E-state index in [1.165, 1.54) is 28.4 Å². The van der Waals surface area contributed by atoms with Gasteiger partial charge in [0.05, 0.1) is 9.58 Å². The SMILES string of the molecule is Cc1cc(CN2CCSCC2)ccc1NC(=O)c1cc2sc(N(C)C)nc2s1. The number of rotatable bonds is 5. The van der Waals surface area contributed by atoms with Crippen molar-refractivity contribution in [3.05, 3.63) is 40.3 Å². The lowest BCUT2D eigenvalue weighted by Gasteiger charge is -2.26. The molecule has 0 unspecified atom stereocenters. The number of aryl methyl sites for hydroxylation is 1. The lowest BCUT2D eigenvalue weighted by atomic mass is 10.1. The van der Waals surface area contributed by atoms with Crippen LogP contribution in [-0.4, -0.2) is 54.5 Å². The molecular weight excluding hydrogens is 408 g/mol. The number of benzene rings is 1. The molecule has 3 heterocycles. The van der Waals surface area contributed by atoms with E-state index >= 15 is 0 Å². The number of amides is 1. The average Bonchev–Trinajstić information content (AvgIpc) is 3.24. The topological polar surface area (TPSA) is 48.5 Å². The van der Waals surface area contributed by atoms with Crippen LogP contribution in [0.3, 0.4) is 0 Å². The van der Waals surface area contributed by atoms with Crippen molar-refractivity contribution in [2.75, 3.05) is 48.9 Å². The van der Waals surface area contributed by atoms with Crippen LogP contribution in [0.25, 0.3) is 9.53 Å². The number of thioether (sulfide) groups is 1. The van der Waals surface area contributed by atoms with Gasteiger partial charge in [0.2, 0.25) is 0 Å². The third-order valence-corrected chi connectivity index (χ3v) is 8.00. The van der Waals surface area contributed by atoms with Crippen LogP contribution in [0.2, 0.25) is 0 Å². The van der Waals surface area contributed by atoms with E-state index in [1.54, 1.807) is 11.3 Å². The summed E-state index contributed by atoms with van der Waals surface area (Å²) in [5, 5.41) is 4.03. The Morgan fingerprint density at radius 2 is 2.00 bits per heavy atom. The third-order valence-electron chi connectivity index (χ3n) is 4.73. The van der Waals surface area contributed by atoms with Crippen molar-refractivity contribution in [2.24, 2.45) is 0 Å². The van der Waals surface area contributed by atoms with Crippen LogP contribution in [0.4, 0.5) is 10.8 Å². The Balaban J connectivity index is 1.44. The monoisotopic (exact) mass is 432 g/mol. The van der Waals surface area contributed by atoms with Crippen molar-refractivity contribution in [1.82, 2.24) is 9.88 Å². The second kappa shape index (κ2) is 8.41. The zero-order valence-corrected chi connectivity index (χ0v) is 18.8. The molecule has 4 rings (SSSR count). The van der Waals surface area contributed by atoms with Crippen molar-refractivity contribution in [3.63, 3.8) is 0 Å². The highest BCUT2D eigenvalue weighted by Crippen LogP contribution is 2.34. The van der Waals surface area contributed by atoms with E-state index in [2.05, 4.69) is 34.3 Å². The van der Waals surface area contributed by atoms with Crippen molar-refractivity contribution >= 4 is 60.7 Å². The standard InChI is InChI=1S/C20H24N4OS3/c1-13-10-14(12-24-6-8-26-9-7-24)4-5-15(13)21-18(25)16-11-17-19(27-16)22-20(28-17)23(2)3/h4-5,10-11H,6-9,12H2,1-3H3,(H,21,25). The van der Waals surface area contributed by atoms with Gasteiger partial charge in [-0.1, -0.05) is 23.5 Å². The third kappa shape index (κ3) is 4.35. The lowest BCUT2D eigenvalue weighted by molar-refractivity contribution is 0.103. The molecule has 1 N–H and O–H groups in total. The molecule has 0 saturated carbocycles. The second-order valence-electron chi connectivity index (χ2n) is 7.16. The van der Waals surface area contributed by atoms with Crippen LogP contribution < -0.4 is 10.2 Å². The van der Waals surface area contributed by atoms with Crippen molar-refractivity contribution in [1.29, 1.82) is 0 Å². The van der Waals surface area contributed by atoms with Crippen LogP contribution in [0.15, 0.2) is 24.3 Å². The predicted octanol–water partition coefficient (Wildman–Crippen LogP) is 4.53. The fraction of sp³-hybridized carbons (Fsp3) is 0.400. The van der Waals surface area contributed by atoms with Crippen LogP contribution in [0, 0.1) is 6.92 Å². The molecule has 1 saturated heterocycles. The molecule has 1 aliphatic rings. The molecule has 0 spiro atoms. The first-order valence-corrected chi connectivity index (χ1v) is 12.1. The Morgan fingerprint density at radius 1 is 1.21 bits per heavy atom. The Kier molecular flexibility index (Phi) is 5.91. The number of thiophene rings is 1. The van der Waals surface area contributed by atoms with Crippen molar-refractivity contribution in [2.45, 2.75) is 13.5 Å². The highest BCUT2D eigenvalue weighted by atomic mass is 32.2. The summed E-state index contributed by atoms with van der Waals surface area (Å²) in [5.74, 6) is 2.37. The van der Waals surface area contributed by atoms with Crippen LogP contribution >= 0.6 is 34.4 Å². The minimum absolute atomic E-state index is 0.0643. The van der Waals surface area contributed by atoms with E-state index in [0.717, 1.165) is 45.5 Å². The van der Waals surface area contributed by atoms with Crippen molar-refractivity contribution < 1.29 is 4.79 Å². The predicted molar refractivity (Wildman–Crippen MR) is 124 cm³/mol. The van der Waals surface area contributed by atoms with Gasteiger partial charge in [-0.05, 0) is 30.2 Å². The second-order valence-corrected chi connectivity index (χ2v) is 10.4. The summed E-state index contributed by atoms with van der Waals surface area (Å²) in [7, 11) is 3.96. The molecule has 5 nitrogen and oxygen atoms in total. The minimum atomic E-state index is -0.0643. The van der Waals surface area contributed by atoms with E-state index < -0.39 is 0 Å². The summed E-state index contributed by atoms with van der Waals surface area (Å²) in [6.45, 7) is 5.35. The van der Waals surface area contributed by atoms with Crippen LogP contribution in [-0.2, 0) is 6.54 Å². The maximum Gasteiger partial charge on any atom is 0.265 e. The van der Waals surface area contributed by atoms with Crippen molar-refractivity contribution in [3.8, 4) is 0 Å². The maximum atomic E-state index is 12.7. The van der Waals surface area contributed by atoms with Crippen LogP contribution in [0.5, 0.6) is 0 Å². The average molecular weight is 433 g/mol. The summed E-state index contributed by atoms with van der Waals surface area (Å²) in [6, 6.07) is 8.29. The van der Waals surface area contributed by atoms with Gasteiger partial charge in [-0.25, -0.2) is 4.98 Å². The van der Waals surface area contributed by atoms with E-state index in [0.29, 0.717) is 4.88 Å². The summed E-state index contributed by atoms with van der Waals surface area (Å²) < 4.78 is 1.06. The van der Waals surface area contributed by atoms with E-state index in [1.807, 2.05) is 42.9 Å². The Morgan fingerprint density at radius 3 is 2.68 bits per heavy atom. The number of hydrogen-bond donors (Lipinski definition) is 1. The molecule has 148 valence electrons. The minimum Gasteiger partial charge on any atom is -0.354 e. The molecule has 2 aromatic heterocycles. The first-order chi connectivity index (χ1) is 13.5. The summed E-state index contributed by atoms with van der Waals surface area (Å²) in [5.41, 5.74) is 3.28. The normalized spacial score (nSPS) is 15.1. The van der Waals surface area contributed by atoms with Gasteiger partial charge in [0.25, 0.3) is 5.91 Å². The Bertz CT molecular complexity index is 957. The summed E-state index contributed by atoms with van der Waals surface area (Å²) in [4.78, 5) is 23.4. The molecule has 0 radical (unpaired) electrons. The molecule has 1 fully saturated rings. The molecule has 1 amide bonds. The van der Waals surface area contributed by atoms with E-state index in [-0.39, 0.29) is 5.91 Å². The first kappa shape index (κ1) is 19.7. The van der Waals surface area contributed by atoms with Gasteiger partial charge in [0, 0.05) is 50.9 Å². The highest BCUT2D eigenvalue weighted by Gasteiger charge is 2.16. The summed E-state index contributed by atoms with van der Waals surface area (Å²) in [6.07, 6.45) is 0. The molecular formula is C20H24N4OS3. The number of nitrogens with one attached hydrogen (secondary N) is 1. The number of thiazole rings is 1. The molecule has 3 aromatic rings. The first-order valence-electron chi connectivity index (χ1n) is 9.28. The molecule has 1 aliphatic heterocycles. The highest BCUT2D eigenvalue weighted by molar-refractivity contribution is 7.99. The Hall–Kier alpha value is -1.61. The van der Waals surface area contributed by atoms with Gasteiger partial charge in [0.1, 0.15) is 4.83 Å². The van der Waals surface area contributed by atoms with Gasteiger partial charge < -0.3 is 10.2 Å². The smallest absolute Gasteiger partial charge is 0.265 e. The quantitative estimate of drug-likeness (QED) is 0.642. The molecule has 8 heteroatoms. The molecule has 0 atom stereocenters. The number of carbonyl (C=O) groups excluding carboxylic acids is 1. The van der Waals surface area contributed by atoms with Gasteiger partial charge >= 0.3 is 0 Å². The lowest BCUT2D eigenvalue weighted by Crippen LogP contribution is -2.31. The maximum absolute atomic E-state index is 12.7. The largest absolute Gasteiger partial charge is 0.354 e. The zero-order chi connectivity index (χ0) is 19.7. The van der Waals surface area contributed by atoms with Gasteiger partial charge in [-0.3, -0.25) is 9.69 Å². The number of carbonyl (C=O) groups is 1. The molecule has 28 heavy (non-hydrogen) atoms. The fourth-order valence-corrected chi connectivity index (χ4v) is 6.20. The van der Waals surface area contributed by atoms with E-state index in [4.69, 9.17) is 0 Å². The zero-order valence-electron chi connectivity index (χ0n) is 16.3. The number of fused-ring (bicyclic) bond motifs is 1. The van der Waals surface area contributed by atoms with Gasteiger partial charge in [-0.2, -0.15) is 11.8 Å². The number of aromatic nitrogens is 1. The Labute approximate surface area is 177 Å². The molecule has 1 aromatic carbocycles. The van der Waals surface area contributed by atoms with E-state index in [9.17, 15) is 4.79 Å². The van der Waals surface area contributed by atoms with Crippen LogP contribution in [0.1, 0.15) is 20.8 Å². The van der Waals surface area contributed by atoms with Gasteiger partial charge in [-0.15, -0.1) is 11.3 Å². The molecule has 0 bridgehead atoms. The number of nitrogens with zero attached hydrogens (tertiary/aromatic N) is 3. The van der Waals surface area contributed by atoms with Gasteiger partial charge in [0.15, 0.2) is 5.13 Å². The number of anilines is 2.